The molecule has 2 rings (SSSR count). The fourth-order valence-corrected chi connectivity index (χ4v) is 4.41. The summed E-state index contributed by atoms with van der Waals surface area (Å²) in [6.45, 7) is 5.88. The molecule has 1 aliphatic rings. The van der Waals surface area contributed by atoms with E-state index in [1.807, 2.05) is 0 Å². The number of carbonyl (C=O) groups is 1. The van der Waals surface area contributed by atoms with Gasteiger partial charge in [0.25, 0.3) is 5.69 Å². The average Bonchev–Trinajstić information content (AvgIpc) is 2.52. The van der Waals surface area contributed by atoms with Gasteiger partial charge in [0.15, 0.2) is 0 Å². The molecule has 0 radical (unpaired) electrons. The number of benzene rings is 1. The summed E-state index contributed by atoms with van der Waals surface area (Å²) >= 11 is 0. The van der Waals surface area contributed by atoms with E-state index in [4.69, 9.17) is 5.73 Å². The Kier molecular flexibility index (Phi) is 5.57. The third-order valence-electron chi connectivity index (χ3n) is 4.06. The lowest BCUT2D eigenvalue weighted by Gasteiger charge is -2.32. The molecule has 1 aliphatic heterocycles. The van der Waals surface area contributed by atoms with Crippen molar-refractivity contribution in [1.82, 2.24) is 4.72 Å². The summed E-state index contributed by atoms with van der Waals surface area (Å²) in [5, 5.41) is 11.5. The highest BCUT2D eigenvalue weighted by atomic mass is 32.2. The van der Waals surface area contributed by atoms with Gasteiger partial charge in [-0.3, -0.25) is 14.9 Å². The van der Waals surface area contributed by atoms with Gasteiger partial charge in [-0.2, -0.15) is 0 Å². The van der Waals surface area contributed by atoms with Crippen LogP contribution >= 0.6 is 0 Å². The van der Waals surface area contributed by atoms with Gasteiger partial charge in [0.1, 0.15) is 5.69 Å². The highest BCUT2D eigenvalue weighted by molar-refractivity contribution is 7.89. The maximum atomic E-state index is 12.4. The summed E-state index contributed by atoms with van der Waals surface area (Å²) in [7, 11) is -3.89. The van der Waals surface area contributed by atoms with Gasteiger partial charge in [0, 0.05) is 24.7 Å². The summed E-state index contributed by atoms with van der Waals surface area (Å²) in [5.74, 6) is -0.819. The van der Waals surface area contributed by atoms with E-state index >= 15 is 0 Å². The fraction of sp³-hybridized carbons (Fsp3) is 0.562. The van der Waals surface area contributed by atoms with Gasteiger partial charge in [-0.05, 0) is 45.7 Å². The Labute approximate surface area is 152 Å². The number of nitro groups is 1. The topological polar surface area (TPSA) is 136 Å². The molecule has 26 heavy (non-hydrogen) atoms. The van der Waals surface area contributed by atoms with Crippen LogP contribution in [-0.4, -0.2) is 37.9 Å². The molecule has 1 amide bonds. The minimum Gasteiger partial charge on any atom is -0.369 e. The maximum absolute atomic E-state index is 12.4. The van der Waals surface area contributed by atoms with E-state index in [0.29, 0.717) is 19.4 Å². The Morgan fingerprint density at radius 2 is 2.04 bits per heavy atom. The minimum atomic E-state index is -3.89. The van der Waals surface area contributed by atoms with Gasteiger partial charge >= 0.3 is 0 Å². The van der Waals surface area contributed by atoms with Crippen molar-refractivity contribution in [3.05, 3.63) is 28.3 Å². The summed E-state index contributed by atoms with van der Waals surface area (Å²) in [5.41, 5.74) is 4.62. The Morgan fingerprint density at radius 1 is 1.38 bits per heavy atom. The lowest BCUT2D eigenvalue weighted by Crippen LogP contribution is -2.41. The first-order valence-electron chi connectivity index (χ1n) is 8.27. The number of amides is 1. The van der Waals surface area contributed by atoms with Crippen molar-refractivity contribution in [3.8, 4) is 0 Å². The van der Waals surface area contributed by atoms with Crippen LogP contribution in [0, 0.1) is 16.0 Å². The van der Waals surface area contributed by atoms with Crippen molar-refractivity contribution >= 4 is 27.3 Å². The number of primary amides is 1. The molecule has 1 aromatic carbocycles. The second-order valence-corrected chi connectivity index (χ2v) is 9.13. The molecule has 1 aromatic rings. The molecule has 10 heteroatoms. The summed E-state index contributed by atoms with van der Waals surface area (Å²) in [4.78, 5) is 23.9. The number of hydrogen-bond donors (Lipinski definition) is 2. The monoisotopic (exact) mass is 384 g/mol. The number of hydrogen-bond acceptors (Lipinski definition) is 6. The van der Waals surface area contributed by atoms with Gasteiger partial charge < -0.3 is 10.6 Å². The van der Waals surface area contributed by atoms with Crippen LogP contribution in [0.15, 0.2) is 23.1 Å². The second kappa shape index (κ2) is 7.20. The van der Waals surface area contributed by atoms with E-state index in [1.165, 1.54) is 12.1 Å². The molecule has 0 spiro atoms. The molecule has 0 bridgehead atoms. The highest BCUT2D eigenvalue weighted by Crippen LogP contribution is 2.33. The number of anilines is 1. The van der Waals surface area contributed by atoms with Gasteiger partial charge in [0.2, 0.25) is 15.9 Å². The second-order valence-electron chi connectivity index (χ2n) is 7.45. The number of nitrogens with two attached hydrogens (primary N) is 1. The van der Waals surface area contributed by atoms with Gasteiger partial charge in [0.05, 0.1) is 15.7 Å². The number of carbonyl (C=O) groups excluding carboxylic acids is 1. The van der Waals surface area contributed by atoms with Crippen LogP contribution in [0.25, 0.3) is 0 Å². The smallest absolute Gasteiger partial charge is 0.293 e. The fourth-order valence-electron chi connectivity index (χ4n) is 2.97. The average molecular weight is 384 g/mol. The van der Waals surface area contributed by atoms with E-state index in [0.717, 1.165) is 6.07 Å². The van der Waals surface area contributed by atoms with Gasteiger partial charge in [-0.25, -0.2) is 13.1 Å². The standard InChI is InChI=1S/C16H24N4O5S/c1-16(2,3)18-26(24,25)12-6-7-13(14(9-12)20(22)23)19-8-4-5-11(10-19)15(17)21/h6-7,9,11,18H,4-5,8,10H2,1-3H3,(H2,17,21). The third-order valence-corrected chi connectivity index (χ3v) is 5.81. The first-order valence-corrected chi connectivity index (χ1v) is 9.76. The Morgan fingerprint density at radius 3 is 2.58 bits per heavy atom. The summed E-state index contributed by atoms with van der Waals surface area (Å²) < 4.78 is 27.4. The minimum absolute atomic E-state index is 0.175. The van der Waals surface area contributed by atoms with Crippen LogP contribution in [-0.2, 0) is 14.8 Å². The van der Waals surface area contributed by atoms with E-state index in [-0.39, 0.29) is 28.7 Å². The predicted molar refractivity (Wildman–Crippen MR) is 97.3 cm³/mol. The zero-order valence-electron chi connectivity index (χ0n) is 15.1. The number of rotatable bonds is 5. The molecule has 144 valence electrons. The largest absolute Gasteiger partial charge is 0.369 e. The zero-order valence-corrected chi connectivity index (χ0v) is 15.9. The molecular weight excluding hydrogens is 360 g/mol. The van der Waals surface area contributed by atoms with Crippen LogP contribution < -0.4 is 15.4 Å². The molecule has 3 N–H and O–H groups in total. The molecule has 1 saturated heterocycles. The molecular formula is C16H24N4O5S. The summed E-state index contributed by atoms with van der Waals surface area (Å²) in [6.07, 6.45) is 1.32. The Balaban J connectivity index is 2.41. The van der Waals surface area contributed by atoms with Crippen molar-refractivity contribution in [2.75, 3.05) is 18.0 Å². The molecule has 1 fully saturated rings. The number of nitro benzene ring substituents is 1. The van der Waals surface area contributed by atoms with Crippen LogP contribution in [0.5, 0.6) is 0 Å². The maximum Gasteiger partial charge on any atom is 0.293 e. The molecule has 0 saturated carbocycles. The number of nitrogens with zero attached hydrogens (tertiary/aromatic N) is 2. The van der Waals surface area contributed by atoms with Crippen LogP contribution in [0.4, 0.5) is 11.4 Å². The molecule has 0 aromatic heterocycles. The van der Waals surface area contributed by atoms with Crippen molar-refractivity contribution < 1.29 is 18.1 Å². The van der Waals surface area contributed by atoms with E-state index in [2.05, 4.69) is 4.72 Å². The van der Waals surface area contributed by atoms with E-state index < -0.39 is 26.4 Å². The molecule has 1 atom stereocenters. The van der Waals surface area contributed by atoms with E-state index in [9.17, 15) is 23.3 Å². The number of sulfonamides is 1. The predicted octanol–water partition coefficient (Wildman–Crippen LogP) is 1.37. The van der Waals surface area contributed by atoms with E-state index in [1.54, 1.807) is 25.7 Å². The SMILES string of the molecule is CC(C)(C)NS(=O)(=O)c1ccc(N2CCCC(C(N)=O)C2)c([N+](=O)[O-])c1. The van der Waals surface area contributed by atoms with Crippen LogP contribution in [0.1, 0.15) is 33.6 Å². The molecule has 9 nitrogen and oxygen atoms in total. The lowest BCUT2D eigenvalue weighted by atomic mass is 9.97. The first-order chi connectivity index (χ1) is 11.9. The van der Waals surface area contributed by atoms with Crippen LogP contribution in [0.2, 0.25) is 0 Å². The quantitative estimate of drug-likeness (QED) is 0.581. The van der Waals surface area contributed by atoms with Gasteiger partial charge in [-0.15, -0.1) is 0 Å². The molecule has 1 heterocycles. The summed E-state index contributed by atoms with van der Waals surface area (Å²) in [6, 6.07) is 3.81. The van der Waals surface area contributed by atoms with Crippen LogP contribution in [0.3, 0.4) is 0 Å². The normalized spacial score (nSPS) is 18.6. The van der Waals surface area contributed by atoms with Crippen molar-refractivity contribution in [2.24, 2.45) is 11.7 Å². The Hall–Kier alpha value is -2.20. The zero-order chi connectivity index (χ0) is 19.7. The van der Waals surface area contributed by atoms with Crippen molar-refractivity contribution in [2.45, 2.75) is 44.0 Å². The number of piperidine rings is 1. The third kappa shape index (κ3) is 4.70. The molecule has 1 unspecified atom stereocenters. The van der Waals surface area contributed by atoms with Crippen molar-refractivity contribution in [3.63, 3.8) is 0 Å². The highest BCUT2D eigenvalue weighted by Gasteiger charge is 2.30. The lowest BCUT2D eigenvalue weighted by molar-refractivity contribution is -0.384. The van der Waals surface area contributed by atoms with Gasteiger partial charge in [-0.1, -0.05) is 0 Å². The van der Waals surface area contributed by atoms with Crippen molar-refractivity contribution in [1.29, 1.82) is 0 Å². The first kappa shape index (κ1) is 20.1. The molecule has 0 aliphatic carbocycles. The Bertz CT molecular complexity index is 816. The number of nitrogens with one attached hydrogen (secondary N) is 1.